The molecule has 0 aliphatic carbocycles. The number of nitrogens with zero attached hydrogens (tertiary/aromatic N) is 1. The average molecular weight is 219 g/mol. The molecule has 2 rings (SSSR count). The van der Waals surface area contributed by atoms with E-state index in [2.05, 4.69) is 15.6 Å². The Morgan fingerprint density at radius 1 is 1.50 bits per heavy atom. The van der Waals surface area contributed by atoms with E-state index < -0.39 is 0 Å². The van der Waals surface area contributed by atoms with Crippen LogP contribution < -0.4 is 10.6 Å². The second kappa shape index (κ2) is 4.61. The van der Waals surface area contributed by atoms with Crippen LogP contribution in [0.25, 0.3) is 0 Å². The Morgan fingerprint density at radius 2 is 2.31 bits per heavy atom. The summed E-state index contributed by atoms with van der Waals surface area (Å²) in [6, 6.07) is 4.04. The van der Waals surface area contributed by atoms with Crippen molar-refractivity contribution in [2.24, 2.45) is 0 Å². The van der Waals surface area contributed by atoms with E-state index in [1.807, 2.05) is 26.0 Å². The van der Waals surface area contributed by atoms with Crippen molar-refractivity contribution >= 4 is 5.91 Å². The van der Waals surface area contributed by atoms with Gasteiger partial charge >= 0.3 is 0 Å². The molecule has 1 aromatic rings. The molecule has 1 saturated heterocycles. The highest BCUT2D eigenvalue weighted by molar-refractivity contribution is 5.92. The molecule has 1 fully saturated rings. The third-order valence-electron chi connectivity index (χ3n) is 2.73. The number of aryl methyl sites for hydroxylation is 2. The lowest BCUT2D eigenvalue weighted by Crippen LogP contribution is -2.36. The second-order valence-electron chi connectivity index (χ2n) is 4.33. The molecule has 1 atom stereocenters. The van der Waals surface area contributed by atoms with Crippen LogP contribution in [0.4, 0.5) is 0 Å². The lowest BCUT2D eigenvalue weighted by atomic mass is 10.2. The Morgan fingerprint density at radius 3 is 2.94 bits per heavy atom. The summed E-state index contributed by atoms with van der Waals surface area (Å²) < 4.78 is 0. The molecule has 0 radical (unpaired) electrons. The van der Waals surface area contributed by atoms with Gasteiger partial charge in [0.1, 0.15) is 5.69 Å². The van der Waals surface area contributed by atoms with Crippen LogP contribution in [0.2, 0.25) is 0 Å². The van der Waals surface area contributed by atoms with Gasteiger partial charge in [-0.15, -0.1) is 0 Å². The first-order valence-electron chi connectivity index (χ1n) is 5.62. The quantitative estimate of drug-likeness (QED) is 0.773. The van der Waals surface area contributed by atoms with E-state index in [0.29, 0.717) is 5.69 Å². The summed E-state index contributed by atoms with van der Waals surface area (Å²) in [6.07, 6.45) is 0.997. The standard InChI is InChI=1S/C12H17N3O/c1-8-5-9(2)14-11(6-8)12(16)15-10-3-4-13-7-10/h5-6,10,13H,3-4,7H2,1-2H3,(H,15,16). The summed E-state index contributed by atoms with van der Waals surface area (Å²) in [5, 5.41) is 6.20. The molecule has 4 heteroatoms. The molecule has 1 aliphatic rings. The van der Waals surface area contributed by atoms with Crippen LogP contribution in [-0.2, 0) is 0 Å². The van der Waals surface area contributed by atoms with Gasteiger partial charge in [-0.05, 0) is 44.5 Å². The molecule has 2 heterocycles. The molecule has 16 heavy (non-hydrogen) atoms. The largest absolute Gasteiger partial charge is 0.347 e. The van der Waals surface area contributed by atoms with Crippen molar-refractivity contribution in [1.29, 1.82) is 0 Å². The summed E-state index contributed by atoms with van der Waals surface area (Å²) in [6.45, 7) is 5.71. The van der Waals surface area contributed by atoms with E-state index in [1.54, 1.807) is 0 Å². The van der Waals surface area contributed by atoms with Crippen LogP contribution >= 0.6 is 0 Å². The van der Waals surface area contributed by atoms with Crippen LogP contribution in [0, 0.1) is 13.8 Å². The van der Waals surface area contributed by atoms with Gasteiger partial charge in [-0.25, -0.2) is 4.98 Å². The van der Waals surface area contributed by atoms with Gasteiger partial charge in [0, 0.05) is 18.3 Å². The molecule has 86 valence electrons. The first kappa shape index (κ1) is 11.1. The second-order valence-corrected chi connectivity index (χ2v) is 4.33. The zero-order chi connectivity index (χ0) is 11.5. The number of carbonyl (C=O) groups is 1. The minimum absolute atomic E-state index is 0.0690. The topological polar surface area (TPSA) is 54.0 Å². The fraction of sp³-hybridized carbons (Fsp3) is 0.500. The molecule has 2 N–H and O–H groups in total. The van der Waals surface area contributed by atoms with Gasteiger partial charge in [0.15, 0.2) is 0 Å². The Labute approximate surface area is 95.5 Å². The lowest BCUT2D eigenvalue weighted by Gasteiger charge is -2.11. The summed E-state index contributed by atoms with van der Waals surface area (Å²) in [7, 11) is 0. The van der Waals surface area contributed by atoms with Crippen LogP contribution in [0.1, 0.15) is 28.2 Å². The first-order valence-corrected chi connectivity index (χ1v) is 5.62. The fourth-order valence-electron chi connectivity index (χ4n) is 1.99. The zero-order valence-electron chi connectivity index (χ0n) is 9.71. The monoisotopic (exact) mass is 219 g/mol. The minimum Gasteiger partial charge on any atom is -0.347 e. The number of pyridine rings is 1. The molecule has 0 saturated carbocycles. The summed E-state index contributed by atoms with van der Waals surface area (Å²) in [4.78, 5) is 16.1. The SMILES string of the molecule is Cc1cc(C)nc(C(=O)NC2CCNC2)c1. The summed E-state index contributed by atoms with van der Waals surface area (Å²) in [5.74, 6) is -0.0690. The normalized spacial score (nSPS) is 19.8. The van der Waals surface area contributed by atoms with Crippen LogP contribution in [-0.4, -0.2) is 30.0 Å². The van der Waals surface area contributed by atoms with E-state index >= 15 is 0 Å². The number of carbonyl (C=O) groups excluding carboxylic acids is 1. The van der Waals surface area contributed by atoms with E-state index in [9.17, 15) is 4.79 Å². The van der Waals surface area contributed by atoms with E-state index in [-0.39, 0.29) is 11.9 Å². The molecule has 0 aromatic carbocycles. The van der Waals surface area contributed by atoms with Crippen molar-refractivity contribution < 1.29 is 4.79 Å². The van der Waals surface area contributed by atoms with Crippen LogP contribution in [0.5, 0.6) is 0 Å². The van der Waals surface area contributed by atoms with E-state index in [4.69, 9.17) is 0 Å². The minimum atomic E-state index is -0.0690. The summed E-state index contributed by atoms with van der Waals surface area (Å²) in [5.41, 5.74) is 2.47. The van der Waals surface area contributed by atoms with Crippen molar-refractivity contribution in [3.05, 3.63) is 29.1 Å². The number of hydrogen-bond donors (Lipinski definition) is 2. The van der Waals surface area contributed by atoms with Crippen molar-refractivity contribution in [3.8, 4) is 0 Å². The van der Waals surface area contributed by atoms with Gasteiger partial charge in [0.25, 0.3) is 5.91 Å². The number of aromatic nitrogens is 1. The number of hydrogen-bond acceptors (Lipinski definition) is 3. The Bertz CT molecular complexity index is 377. The molecule has 1 amide bonds. The number of amides is 1. The van der Waals surface area contributed by atoms with Gasteiger partial charge in [-0.2, -0.15) is 0 Å². The third-order valence-corrected chi connectivity index (χ3v) is 2.73. The summed E-state index contributed by atoms with van der Waals surface area (Å²) >= 11 is 0. The van der Waals surface area contributed by atoms with Crippen molar-refractivity contribution in [3.63, 3.8) is 0 Å². The Hall–Kier alpha value is -1.42. The molecule has 1 aromatic heterocycles. The predicted octanol–water partition coefficient (Wildman–Crippen LogP) is 0.790. The lowest BCUT2D eigenvalue weighted by molar-refractivity contribution is 0.0934. The highest BCUT2D eigenvalue weighted by atomic mass is 16.1. The predicted molar refractivity (Wildman–Crippen MR) is 62.5 cm³/mol. The zero-order valence-corrected chi connectivity index (χ0v) is 9.71. The van der Waals surface area contributed by atoms with Crippen molar-refractivity contribution in [2.75, 3.05) is 13.1 Å². The smallest absolute Gasteiger partial charge is 0.270 e. The number of rotatable bonds is 2. The molecular formula is C12H17N3O. The van der Waals surface area contributed by atoms with E-state index in [1.165, 1.54) is 0 Å². The maximum atomic E-state index is 11.9. The highest BCUT2D eigenvalue weighted by Gasteiger charge is 2.18. The van der Waals surface area contributed by atoms with Crippen LogP contribution in [0.3, 0.4) is 0 Å². The third kappa shape index (κ3) is 2.58. The highest BCUT2D eigenvalue weighted by Crippen LogP contribution is 2.05. The fourth-order valence-corrected chi connectivity index (χ4v) is 1.99. The average Bonchev–Trinajstić information content (AvgIpc) is 2.68. The molecule has 1 unspecified atom stereocenters. The van der Waals surface area contributed by atoms with Gasteiger partial charge in [0.05, 0.1) is 0 Å². The molecule has 0 bridgehead atoms. The van der Waals surface area contributed by atoms with Gasteiger partial charge in [0.2, 0.25) is 0 Å². The molecule has 0 spiro atoms. The van der Waals surface area contributed by atoms with E-state index in [0.717, 1.165) is 30.8 Å². The number of nitrogens with one attached hydrogen (secondary N) is 2. The van der Waals surface area contributed by atoms with Gasteiger partial charge < -0.3 is 10.6 Å². The molecule has 4 nitrogen and oxygen atoms in total. The molecule has 1 aliphatic heterocycles. The maximum absolute atomic E-state index is 11.9. The Balaban J connectivity index is 2.07. The van der Waals surface area contributed by atoms with Crippen LogP contribution in [0.15, 0.2) is 12.1 Å². The van der Waals surface area contributed by atoms with Crippen molar-refractivity contribution in [1.82, 2.24) is 15.6 Å². The first-order chi connectivity index (χ1) is 7.65. The van der Waals surface area contributed by atoms with Gasteiger partial charge in [-0.3, -0.25) is 4.79 Å². The molecular weight excluding hydrogens is 202 g/mol. The Kier molecular flexibility index (Phi) is 3.19. The van der Waals surface area contributed by atoms with Crippen molar-refractivity contribution in [2.45, 2.75) is 26.3 Å². The van der Waals surface area contributed by atoms with Gasteiger partial charge in [-0.1, -0.05) is 0 Å². The maximum Gasteiger partial charge on any atom is 0.270 e.